The molecule has 0 saturated heterocycles. The van der Waals surface area contributed by atoms with Gasteiger partial charge in [0.1, 0.15) is 0 Å². The Labute approximate surface area is 72.3 Å². The first-order valence-corrected chi connectivity index (χ1v) is 0.681. The molecule has 0 radical (unpaired) electrons. The van der Waals surface area contributed by atoms with Gasteiger partial charge in [-0.05, 0) is 0 Å². The van der Waals surface area contributed by atoms with Gasteiger partial charge in [0.2, 0.25) is 0 Å². The fourth-order valence-corrected chi connectivity index (χ4v) is 0. The molecule has 0 rings (SSSR count). The Morgan fingerprint density at radius 1 is 1.80 bits per heavy atom. The SMILES string of the molecule is [CH2-][N+](=O)[O-].[K+]. The van der Waals surface area contributed by atoms with Gasteiger partial charge in [0.15, 0.2) is 0 Å². The molecule has 0 aliphatic carbocycles. The average molecular weight is 99.1 g/mol. The second kappa shape index (κ2) is 4.91. The Kier molecular flexibility index (Phi) is 9.14. The zero-order valence-corrected chi connectivity index (χ0v) is 6.09. The molecule has 0 amide bonds. The fraction of sp³-hybridized carbons (Fsp3) is 0. The molecule has 0 unspecified atom stereocenters. The van der Waals surface area contributed by atoms with E-state index in [0.717, 1.165) is 0 Å². The number of rotatable bonds is 0. The van der Waals surface area contributed by atoms with E-state index in [-0.39, 0.29) is 51.4 Å². The third kappa shape index (κ3) is 50.4. The maximum atomic E-state index is 8.69. The Bertz CT molecular complexity index is 32.6. The quantitative estimate of drug-likeness (QED) is 0.141. The third-order valence-electron chi connectivity index (χ3n) is 0. The first-order valence-electron chi connectivity index (χ1n) is 0.681. The van der Waals surface area contributed by atoms with Crippen molar-refractivity contribution in [2.24, 2.45) is 0 Å². The van der Waals surface area contributed by atoms with E-state index in [1.165, 1.54) is 0 Å². The van der Waals surface area contributed by atoms with E-state index in [1.54, 1.807) is 0 Å². The van der Waals surface area contributed by atoms with Gasteiger partial charge in [-0.25, -0.2) is 0 Å². The second-order valence-electron chi connectivity index (χ2n) is 0.333. The van der Waals surface area contributed by atoms with Crippen LogP contribution < -0.4 is 51.4 Å². The Morgan fingerprint density at radius 3 is 1.80 bits per heavy atom. The summed E-state index contributed by atoms with van der Waals surface area (Å²) in [6.45, 7) is 0. The van der Waals surface area contributed by atoms with Crippen molar-refractivity contribution in [2.45, 2.75) is 0 Å². The molecule has 24 valence electrons. The molecule has 5 heavy (non-hydrogen) atoms. The molecule has 0 aliphatic rings. The molecule has 4 heteroatoms. The van der Waals surface area contributed by atoms with Gasteiger partial charge >= 0.3 is 51.4 Å². The first-order chi connectivity index (χ1) is 1.73. The van der Waals surface area contributed by atoms with Gasteiger partial charge in [-0.1, -0.05) is 7.05 Å². The van der Waals surface area contributed by atoms with Crippen LogP contribution in [0, 0.1) is 17.2 Å². The molecule has 0 aromatic rings. The Balaban J connectivity index is 0. The summed E-state index contributed by atoms with van der Waals surface area (Å²) in [5, 5.41) is 8.69. The van der Waals surface area contributed by atoms with Crippen LogP contribution in [0.4, 0.5) is 0 Å². The summed E-state index contributed by atoms with van der Waals surface area (Å²) in [6.07, 6.45) is 0. The largest absolute Gasteiger partial charge is 1.00 e. The van der Waals surface area contributed by atoms with Gasteiger partial charge in [0.05, 0.1) is 0 Å². The molecule has 0 bridgehead atoms. The summed E-state index contributed by atoms with van der Waals surface area (Å²) in [6, 6.07) is 0. The van der Waals surface area contributed by atoms with Crippen molar-refractivity contribution in [3.05, 3.63) is 17.2 Å². The smallest absolute Gasteiger partial charge is 0.296 e. The molecular weight excluding hydrogens is 97.1 g/mol. The predicted molar refractivity (Wildman–Crippen MR) is 12.4 cm³/mol. The van der Waals surface area contributed by atoms with Crippen molar-refractivity contribution in [3.63, 3.8) is 0 Å². The van der Waals surface area contributed by atoms with E-state index < -0.39 is 4.92 Å². The van der Waals surface area contributed by atoms with Crippen LogP contribution in [-0.4, -0.2) is 4.92 Å². The van der Waals surface area contributed by atoms with Crippen molar-refractivity contribution >= 4 is 0 Å². The van der Waals surface area contributed by atoms with E-state index in [0.29, 0.717) is 0 Å². The van der Waals surface area contributed by atoms with Crippen LogP contribution in [0.2, 0.25) is 0 Å². The summed E-state index contributed by atoms with van der Waals surface area (Å²) in [4.78, 5) is 7.94. The van der Waals surface area contributed by atoms with E-state index in [4.69, 9.17) is 10.1 Å². The summed E-state index contributed by atoms with van der Waals surface area (Å²) >= 11 is 0. The zero-order valence-electron chi connectivity index (χ0n) is 2.97. The minimum absolute atomic E-state index is 0. The van der Waals surface area contributed by atoms with Crippen LogP contribution in [0.25, 0.3) is 0 Å². The van der Waals surface area contributed by atoms with Crippen LogP contribution in [0.3, 0.4) is 0 Å². The Morgan fingerprint density at radius 2 is 1.80 bits per heavy atom. The van der Waals surface area contributed by atoms with Gasteiger partial charge in [-0.3, -0.25) is 10.1 Å². The summed E-state index contributed by atoms with van der Waals surface area (Å²) in [7, 11) is 2.36. The van der Waals surface area contributed by atoms with Crippen molar-refractivity contribution in [1.29, 1.82) is 0 Å². The molecule has 0 heterocycles. The van der Waals surface area contributed by atoms with Crippen molar-refractivity contribution in [3.8, 4) is 0 Å². The second-order valence-corrected chi connectivity index (χ2v) is 0.333. The molecule has 0 saturated carbocycles. The molecule has 3 nitrogen and oxygen atoms in total. The van der Waals surface area contributed by atoms with E-state index >= 15 is 0 Å². The molecular formula is CH2KNO2. The third-order valence-corrected chi connectivity index (χ3v) is 0. The molecule has 0 spiro atoms. The first kappa shape index (κ1) is 9.32. The molecule has 0 aromatic carbocycles. The molecule has 0 fully saturated rings. The minimum atomic E-state index is -0.750. The van der Waals surface area contributed by atoms with E-state index in [9.17, 15) is 0 Å². The van der Waals surface area contributed by atoms with Crippen LogP contribution in [0.15, 0.2) is 0 Å². The molecule has 0 atom stereocenters. The molecule has 0 aliphatic heterocycles. The topological polar surface area (TPSA) is 43.1 Å². The summed E-state index contributed by atoms with van der Waals surface area (Å²) in [5.74, 6) is 0. The minimum Gasteiger partial charge on any atom is -0.296 e. The number of nitro groups is 1. The number of hydrogen-bond donors (Lipinski definition) is 0. The zero-order chi connectivity index (χ0) is 3.58. The average Bonchev–Trinajstić information content (AvgIpc) is 0.811. The molecule has 0 aromatic heterocycles. The van der Waals surface area contributed by atoms with E-state index in [1.807, 2.05) is 0 Å². The van der Waals surface area contributed by atoms with Gasteiger partial charge in [0, 0.05) is 0 Å². The maximum Gasteiger partial charge on any atom is 1.00 e. The number of hydrogen-bond acceptors (Lipinski definition) is 2. The van der Waals surface area contributed by atoms with E-state index in [2.05, 4.69) is 7.05 Å². The predicted octanol–water partition coefficient (Wildman–Crippen LogP) is -2.94. The fourth-order valence-electron chi connectivity index (χ4n) is 0. The maximum absolute atomic E-state index is 8.69. The van der Waals surface area contributed by atoms with Crippen LogP contribution in [-0.2, 0) is 0 Å². The number of nitrogens with zero attached hydrogens (tertiary/aromatic N) is 1. The van der Waals surface area contributed by atoms with Crippen LogP contribution in [0.5, 0.6) is 0 Å². The summed E-state index contributed by atoms with van der Waals surface area (Å²) < 4.78 is 0. The Hall–Kier alpha value is 0.906. The van der Waals surface area contributed by atoms with Crippen molar-refractivity contribution in [1.82, 2.24) is 0 Å². The van der Waals surface area contributed by atoms with Gasteiger partial charge in [0.25, 0.3) is 0 Å². The van der Waals surface area contributed by atoms with Gasteiger partial charge in [-0.2, -0.15) is 0 Å². The standard InChI is InChI=1S/CH2NO2.K/c1-2(3)4;/h1H2;/q-1;+1. The van der Waals surface area contributed by atoms with Crippen molar-refractivity contribution < 1.29 is 56.3 Å². The van der Waals surface area contributed by atoms with Gasteiger partial charge < -0.3 is 0 Å². The van der Waals surface area contributed by atoms with Crippen LogP contribution >= 0.6 is 0 Å². The molecule has 0 N–H and O–H groups in total. The summed E-state index contributed by atoms with van der Waals surface area (Å²) in [5.41, 5.74) is 0. The normalized spacial score (nSPS) is 4.80. The van der Waals surface area contributed by atoms with Gasteiger partial charge in [-0.15, -0.1) is 4.92 Å². The monoisotopic (exact) mass is 99.0 g/mol. The van der Waals surface area contributed by atoms with Crippen LogP contribution in [0.1, 0.15) is 0 Å². The van der Waals surface area contributed by atoms with Crippen molar-refractivity contribution in [2.75, 3.05) is 0 Å².